The monoisotopic (exact) mass is 393 g/mol. The predicted molar refractivity (Wildman–Crippen MR) is 112 cm³/mol. The van der Waals surface area contributed by atoms with Crippen LogP contribution >= 0.6 is 0 Å². The minimum Gasteiger partial charge on any atom is -0.496 e. The molecule has 0 saturated carbocycles. The molecule has 1 aromatic heterocycles. The first-order chi connectivity index (χ1) is 14.1. The van der Waals surface area contributed by atoms with Crippen molar-refractivity contribution < 1.29 is 19.0 Å². The highest BCUT2D eigenvalue weighted by molar-refractivity contribution is 6.03. The Morgan fingerprint density at radius 2 is 1.62 bits per heavy atom. The first-order valence-corrected chi connectivity index (χ1v) is 8.99. The number of methoxy groups -OCH3 is 3. The van der Waals surface area contributed by atoms with Crippen LogP contribution in [0.4, 0.5) is 11.4 Å². The Labute approximate surface area is 169 Å². The number of aromatic nitrogens is 1. The minimum atomic E-state index is -0.321. The largest absolute Gasteiger partial charge is 0.496 e. The first kappa shape index (κ1) is 20.0. The average Bonchev–Trinajstić information content (AvgIpc) is 2.77. The molecule has 29 heavy (non-hydrogen) atoms. The van der Waals surface area contributed by atoms with E-state index < -0.39 is 0 Å². The molecule has 0 aliphatic rings. The second-order valence-corrected chi connectivity index (χ2v) is 6.12. The molecule has 3 aromatic rings. The number of rotatable bonds is 8. The number of hydrogen-bond donors (Lipinski definition) is 2. The number of ether oxygens (including phenoxy) is 3. The number of para-hydroxylation sites is 1. The van der Waals surface area contributed by atoms with Crippen molar-refractivity contribution in [2.75, 3.05) is 32.0 Å². The molecule has 0 radical (unpaired) electrons. The van der Waals surface area contributed by atoms with Crippen molar-refractivity contribution in [1.29, 1.82) is 0 Å². The van der Waals surface area contributed by atoms with Crippen molar-refractivity contribution in [2.45, 2.75) is 6.54 Å². The summed E-state index contributed by atoms with van der Waals surface area (Å²) in [5, 5.41) is 6.11. The molecule has 0 saturated heterocycles. The van der Waals surface area contributed by atoms with Gasteiger partial charge in [-0.2, -0.15) is 0 Å². The van der Waals surface area contributed by atoms with E-state index in [0.29, 0.717) is 29.4 Å². The number of carbonyl (C=O) groups is 1. The quantitative estimate of drug-likeness (QED) is 0.603. The number of hydrogen-bond acceptors (Lipinski definition) is 6. The van der Waals surface area contributed by atoms with Crippen LogP contribution in [-0.4, -0.2) is 32.2 Å². The number of pyridine rings is 1. The van der Waals surface area contributed by atoms with E-state index in [4.69, 9.17) is 14.2 Å². The molecule has 2 aromatic carbocycles. The van der Waals surface area contributed by atoms with Crippen LogP contribution < -0.4 is 24.8 Å². The van der Waals surface area contributed by atoms with E-state index in [-0.39, 0.29) is 5.91 Å². The molecule has 0 unspecified atom stereocenters. The molecule has 3 rings (SSSR count). The van der Waals surface area contributed by atoms with Gasteiger partial charge in [-0.1, -0.05) is 18.2 Å². The Hall–Kier alpha value is -3.74. The topological polar surface area (TPSA) is 81.7 Å². The molecule has 7 heteroatoms. The Morgan fingerprint density at radius 3 is 2.38 bits per heavy atom. The van der Waals surface area contributed by atoms with Crippen LogP contribution in [0.2, 0.25) is 0 Å². The predicted octanol–water partition coefficient (Wildman–Crippen LogP) is 3.97. The third-order valence-corrected chi connectivity index (χ3v) is 4.31. The smallest absolute Gasteiger partial charge is 0.274 e. The van der Waals surface area contributed by atoms with Gasteiger partial charge >= 0.3 is 0 Å². The van der Waals surface area contributed by atoms with Crippen LogP contribution in [0.25, 0.3) is 0 Å². The number of amides is 1. The first-order valence-electron chi connectivity index (χ1n) is 8.99. The molecule has 150 valence electrons. The molecule has 1 amide bonds. The van der Waals surface area contributed by atoms with Crippen molar-refractivity contribution in [3.05, 3.63) is 72.1 Å². The molecule has 0 spiro atoms. The second-order valence-electron chi connectivity index (χ2n) is 6.12. The number of nitrogens with one attached hydrogen (secondary N) is 2. The molecular weight excluding hydrogens is 370 g/mol. The fraction of sp³-hybridized carbons (Fsp3) is 0.182. The van der Waals surface area contributed by atoms with E-state index in [1.54, 1.807) is 51.8 Å². The Bertz CT molecular complexity index is 991. The highest BCUT2D eigenvalue weighted by Crippen LogP contribution is 2.30. The number of anilines is 2. The van der Waals surface area contributed by atoms with Crippen molar-refractivity contribution in [3.63, 3.8) is 0 Å². The normalized spacial score (nSPS) is 10.2. The van der Waals surface area contributed by atoms with Gasteiger partial charge in [-0.3, -0.25) is 9.78 Å². The van der Waals surface area contributed by atoms with Gasteiger partial charge in [0.1, 0.15) is 11.4 Å². The van der Waals surface area contributed by atoms with Gasteiger partial charge < -0.3 is 24.8 Å². The Balaban J connectivity index is 1.69. The maximum absolute atomic E-state index is 12.6. The molecule has 0 aliphatic carbocycles. The van der Waals surface area contributed by atoms with Gasteiger partial charge in [0.15, 0.2) is 11.5 Å². The van der Waals surface area contributed by atoms with Gasteiger partial charge in [0.05, 0.1) is 21.3 Å². The van der Waals surface area contributed by atoms with Crippen molar-refractivity contribution >= 4 is 17.3 Å². The summed E-state index contributed by atoms with van der Waals surface area (Å²) in [6.07, 6.45) is 1.59. The van der Waals surface area contributed by atoms with Gasteiger partial charge in [-0.25, -0.2) is 0 Å². The summed E-state index contributed by atoms with van der Waals surface area (Å²) in [6.45, 7) is 0.560. The van der Waals surface area contributed by atoms with E-state index in [1.807, 2.05) is 30.3 Å². The molecule has 7 nitrogen and oxygen atoms in total. The molecule has 1 heterocycles. The Morgan fingerprint density at radius 1 is 0.862 bits per heavy atom. The van der Waals surface area contributed by atoms with Crippen LogP contribution in [-0.2, 0) is 6.54 Å². The Kier molecular flexibility index (Phi) is 6.52. The highest BCUT2D eigenvalue weighted by atomic mass is 16.5. The maximum atomic E-state index is 12.6. The van der Waals surface area contributed by atoms with E-state index in [1.165, 1.54) is 0 Å². The van der Waals surface area contributed by atoms with Crippen LogP contribution in [0.1, 0.15) is 16.1 Å². The van der Waals surface area contributed by atoms with E-state index in [2.05, 4.69) is 15.6 Å². The number of carbonyl (C=O) groups excluding carboxylic acids is 1. The van der Waals surface area contributed by atoms with Crippen molar-refractivity contribution in [1.82, 2.24) is 4.98 Å². The summed E-state index contributed by atoms with van der Waals surface area (Å²) in [4.78, 5) is 16.8. The van der Waals surface area contributed by atoms with E-state index in [9.17, 15) is 4.79 Å². The fourth-order valence-corrected chi connectivity index (χ4v) is 2.82. The third-order valence-electron chi connectivity index (χ3n) is 4.31. The molecule has 0 bridgehead atoms. The summed E-state index contributed by atoms with van der Waals surface area (Å²) >= 11 is 0. The van der Waals surface area contributed by atoms with E-state index in [0.717, 1.165) is 17.0 Å². The van der Waals surface area contributed by atoms with Crippen LogP contribution in [0.5, 0.6) is 17.2 Å². The average molecular weight is 393 g/mol. The summed E-state index contributed by atoms with van der Waals surface area (Å²) in [5.74, 6) is 1.61. The SMILES string of the molecule is COc1ccccc1CNc1ccnc(C(=O)Nc2ccc(OC)c(OC)c2)c1. The lowest BCUT2D eigenvalue weighted by Gasteiger charge is -2.12. The van der Waals surface area contributed by atoms with Crippen molar-refractivity contribution in [3.8, 4) is 17.2 Å². The maximum Gasteiger partial charge on any atom is 0.274 e. The summed E-state index contributed by atoms with van der Waals surface area (Å²) in [5.41, 5.74) is 2.68. The molecule has 0 atom stereocenters. The number of benzene rings is 2. The lowest BCUT2D eigenvalue weighted by Crippen LogP contribution is -2.14. The van der Waals surface area contributed by atoms with Crippen LogP contribution in [0.3, 0.4) is 0 Å². The molecular formula is C22H23N3O4. The van der Waals surface area contributed by atoms with Crippen LogP contribution in [0, 0.1) is 0 Å². The second kappa shape index (κ2) is 9.45. The fourth-order valence-electron chi connectivity index (χ4n) is 2.82. The minimum absolute atomic E-state index is 0.296. The van der Waals surface area contributed by atoms with Gasteiger partial charge in [-0.15, -0.1) is 0 Å². The van der Waals surface area contributed by atoms with E-state index >= 15 is 0 Å². The van der Waals surface area contributed by atoms with Gasteiger partial charge in [0.25, 0.3) is 5.91 Å². The number of nitrogens with zero attached hydrogens (tertiary/aromatic N) is 1. The molecule has 2 N–H and O–H groups in total. The van der Waals surface area contributed by atoms with Gasteiger partial charge in [0, 0.05) is 35.7 Å². The van der Waals surface area contributed by atoms with Crippen molar-refractivity contribution in [2.24, 2.45) is 0 Å². The van der Waals surface area contributed by atoms with Crippen LogP contribution in [0.15, 0.2) is 60.8 Å². The molecule has 0 fully saturated rings. The lowest BCUT2D eigenvalue weighted by molar-refractivity contribution is 0.102. The standard InChI is InChI=1S/C22H23N3O4/c1-27-19-7-5-4-6-15(19)14-24-16-10-11-23-18(12-16)22(26)25-17-8-9-20(28-2)21(13-17)29-3/h4-13H,14H2,1-3H3,(H,23,24)(H,25,26). The highest BCUT2D eigenvalue weighted by Gasteiger charge is 2.11. The molecule has 0 aliphatic heterocycles. The summed E-state index contributed by atoms with van der Waals surface area (Å²) < 4.78 is 15.8. The zero-order valence-corrected chi connectivity index (χ0v) is 16.6. The zero-order chi connectivity index (χ0) is 20.6. The summed E-state index contributed by atoms with van der Waals surface area (Å²) in [7, 11) is 4.74. The third kappa shape index (κ3) is 4.95. The summed E-state index contributed by atoms with van der Waals surface area (Å²) in [6, 6.07) is 16.4. The lowest BCUT2D eigenvalue weighted by atomic mass is 10.2. The van der Waals surface area contributed by atoms with Gasteiger partial charge in [0.2, 0.25) is 0 Å². The van der Waals surface area contributed by atoms with Gasteiger partial charge in [-0.05, 0) is 30.3 Å². The zero-order valence-electron chi connectivity index (χ0n) is 16.6.